The van der Waals surface area contributed by atoms with E-state index in [0.717, 1.165) is 18.0 Å². The average molecular weight is 276 g/mol. The third-order valence-electron chi connectivity index (χ3n) is 3.30. The summed E-state index contributed by atoms with van der Waals surface area (Å²) in [5.41, 5.74) is 1.32. The minimum atomic E-state index is 0. The topological polar surface area (TPSA) is 21.3 Å². The number of hydrogen-bond donors (Lipinski definition) is 1. The molecular weight excluding hydrogens is 258 g/mol. The van der Waals surface area contributed by atoms with Crippen molar-refractivity contribution < 1.29 is 4.74 Å². The molecule has 19 heavy (non-hydrogen) atoms. The van der Waals surface area contributed by atoms with Crippen LogP contribution in [-0.2, 0) is 0 Å². The number of nitrogens with one attached hydrogen (secondary N) is 1. The van der Waals surface area contributed by atoms with Gasteiger partial charge in [-0.3, -0.25) is 0 Å². The van der Waals surface area contributed by atoms with Crippen molar-refractivity contribution in [3.63, 3.8) is 0 Å². The molecule has 0 aliphatic carbocycles. The zero-order chi connectivity index (χ0) is 12.2. The van der Waals surface area contributed by atoms with Crippen molar-refractivity contribution in [1.82, 2.24) is 5.32 Å². The monoisotopic (exact) mass is 275 g/mol. The van der Waals surface area contributed by atoms with Crippen LogP contribution in [0.5, 0.6) is 11.5 Å². The Kier molecular flexibility index (Phi) is 4.83. The zero-order valence-electron chi connectivity index (χ0n) is 10.7. The minimum Gasteiger partial charge on any atom is -0.457 e. The highest BCUT2D eigenvalue weighted by molar-refractivity contribution is 5.85. The second-order valence-corrected chi connectivity index (χ2v) is 4.64. The Bertz CT molecular complexity index is 509. The smallest absolute Gasteiger partial charge is 0.127 e. The fourth-order valence-electron chi connectivity index (χ4n) is 2.39. The van der Waals surface area contributed by atoms with Gasteiger partial charge in [0.15, 0.2) is 0 Å². The first-order valence-electron chi connectivity index (χ1n) is 6.48. The van der Waals surface area contributed by atoms with Crippen molar-refractivity contribution in [3.05, 3.63) is 60.2 Å². The minimum absolute atomic E-state index is 0. The molecule has 1 atom stereocenters. The van der Waals surface area contributed by atoms with Gasteiger partial charge in [0.25, 0.3) is 0 Å². The predicted molar refractivity (Wildman–Crippen MR) is 80.2 cm³/mol. The Morgan fingerprint density at radius 1 is 0.947 bits per heavy atom. The molecule has 1 aliphatic rings. The van der Waals surface area contributed by atoms with Crippen molar-refractivity contribution in [2.45, 2.75) is 18.9 Å². The Morgan fingerprint density at radius 3 is 2.47 bits per heavy atom. The highest BCUT2D eigenvalue weighted by Gasteiger charge is 2.16. The van der Waals surface area contributed by atoms with Crippen LogP contribution >= 0.6 is 12.4 Å². The molecule has 2 aromatic carbocycles. The van der Waals surface area contributed by atoms with Crippen molar-refractivity contribution >= 4 is 12.4 Å². The van der Waals surface area contributed by atoms with E-state index in [1.807, 2.05) is 36.4 Å². The van der Waals surface area contributed by atoms with E-state index < -0.39 is 0 Å². The van der Waals surface area contributed by atoms with Crippen molar-refractivity contribution in [2.75, 3.05) is 6.54 Å². The van der Waals surface area contributed by atoms with E-state index in [-0.39, 0.29) is 12.4 Å². The van der Waals surface area contributed by atoms with Crippen LogP contribution in [0, 0.1) is 0 Å². The van der Waals surface area contributed by atoms with Crippen LogP contribution in [-0.4, -0.2) is 6.54 Å². The fourth-order valence-corrected chi connectivity index (χ4v) is 2.39. The fraction of sp³-hybridized carbons (Fsp3) is 0.250. The van der Waals surface area contributed by atoms with Gasteiger partial charge in [0.1, 0.15) is 11.5 Å². The first kappa shape index (κ1) is 13.9. The van der Waals surface area contributed by atoms with Gasteiger partial charge in [0, 0.05) is 6.04 Å². The molecule has 0 bridgehead atoms. The molecule has 0 radical (unpaired) electrons. The lowest BCUT2D eigenvalue weighted by Gasteiger charge is -2.12. The van der Waals surface area contributed by atoms with E-state index in [1.54, 1.807) is 0 Å². The van der Waals surface area contributed by atoms with E-state index in [0.29, 0.717) is 6.04 Å². The van der Waals surface area contributed by atoms with Crippen LogP contribution < -0.4 is 10.1 Å². The maximum absolute atomic E-state index is 5.85. The average Bonchev–Trinajstić information content (AvgIpc) is 2.94. The number of ether oxygens (including phenoxy) is 1. The lowest BCUT2D eigenvalue weighted by Crippen LogP contribution is -2.12. The van der Waals surface area contributed by atoms with Crippen molar-refractivity contribution in [3.8, 4) is 11.5 Å². The van der Waals surface area contributed by atoms with E-state index in [4.69, 9.17) is 4.74 Å². The summed E-state index contributed by atoms with van der Waals surface area (Å²) in [6.07, 6.45) is 2.48. The molecule has 0 saturated carbocycles. The van der Waals surface area contributed by atoms with Gasteiger partial charge in [-0.25, -0.2) is 0 Å². The van der Waals surface area contributed by atoms with Gasteiger partial charge < -0.3 is 10.1 Å². The lowest BCUT2D eigenvalue weighted by atomic mass is 10.1. The Labute approximate surface area is 120 Å². The molecule has 1 N–H and O–H groups in total. The Morgan fingerprint density at radius 2 is 1.74 bits per heavy atom. The van der Waals surface area contributed by atoms with Crippen LogP contribution in [0.4, 0.5) is 0 Å². The molecule has 1 heterocycles. The number of halogens is 1. The van der Waals surface area contributed by atoms with Gasteiger partial charge >= 0.3 is 0 Å². The third kappa shape index (κ3) is 3.49. The van der Waals surface area contributed by atoms with Gasteiger partial charge in [-0.15, -0.1) is 12.4 Å². The summed E-state index contributed by atoms with van der Waals surface area (Å²) in [5, 5.41) is 3.51. The van der Waals surface area contributed by atoms with Crippen LogP contribution in [0.25, 0.3) is 0 Å². The predicted octanol–water partition coefficient (Wildman–Crippen LogP) is 4.33. The maximum Gasteiger partial charge on any atom is 0.127 e. The maximum atomic E-state index is 5.85. The molecule has 100 valence electrons. The standard InChI is InChI=1S/C16H17NO.ClH/c1-2-7-14(8-3-1)18-15-9-4-6-13(12-15)16-10-5-11-17-16;/h1-4,6-9,12,16-17H,5,10-11H2;1H/t16-;/m0./s1. The van der Waals surface area contributed by atoms with Crippen LogP contribution in [0.3, 0.4) is 0 Å². The molecule has 2 aromatic rings. The normalized spacial score (nSPS) is 17.8. The summed E-state index contributed by atoms with van der Waals surface area (Å²) in [6, 6.07) is 18.8. The second kappa shape index (κ2) is 6.60. The molecule has 3 heteroatoms. The summed E-state index contributed by atoms with van der Waals surface area (Å²) in [5.74, 6) is 1.79. The number of benzene rings is 2. The van der Waals surface area contributed by atoms with Gasteiger partial charge in [-0.2, -0.15) is 0 Å². The summed E-state index contributed by atoms with van der Waals surface area (Å²) in [7, 11) is 0. The van der Waals surface area contributed by atoms with Gasteiger partial charge in [0.05, 0.1) is 0 Å². The quantitative estimate of drug-likeness (QED) is 0.900. The molecule has 3 rings (SSSR count). The van der Waals surface area contributed by atoms with E-state index in [2.05, 4.69) is 23.5 Å². The van der Waals surface area contributed by atoms with Crippen LogP contribution in [0.15, 0.2) is 54.6 Å². The number of hydrogen-bond acceptors (Lipinski definition) is 2. The van der Waals surface area contributed by atoms with Crippen molar-refractivity contribution in [1.29, 1.82) is 0 Å². The van der Waals surface area contributed by atoms with Crippen LogP contribution in [0.2, 0.25) is 0 Å². The molecule has 0 amide bonds. The SMILES string of the molecule is Cl.c1ccc(Oc2cccc([C@@H]3CCCN3)c2)cc1. The summed E-state index contributed by atoms with van der Waals surface area (Å²) in [6.45, 7) is 1.12. The molecule has 1 saturated heterocycles. The van der Waals surface area contributed by atoms with Gasteiger partial charge in [0.2, 0.25) is 0 Å². The zero-order valence-corrected chi connectivity index (χ0v) is 11.5. The summed E-state index contributed by atoms with van der Waals surface area (Å²) in [4.78, 5) is 0. The molecule has 0 spiro atoms. The van der Waals surface area contributed by atoms with Gasteiger partial charge in [-0.1, -0.05) is 30.3 Å². The Balaban J connectivity index is 0.00000133. The second-order valence-electron chi connectivity index (χ2n) is 4.64. The first-order valence-corrected chi connectivity index (χ1v) is 6.48. The van der Waals surface area contributed by atoms with E-state index in [9.17, 15) is 0 Å². The summed E-state index contributed by atoms with van der Waals surface area (Å²) >= 11 is 0. The van der Waals surface area contributed by atoms with Gasteiger partial charge in [-0.05, 0) is 49.2 Å². The van der Waals surface area contributed by atoms with Crippen molar-refractivity contribution in [2.24, 2.45) is 0 Å². The lowest BCUT2D eigenvalue weighted by molar-refractivity contribution is 0.480. The highest BCUT2D eigenvalue weighted by Crippen LogP contribution is 2.28. The molecule has 2 nitrogen and oxygen atoms in total. The molecule has 0 aromatic heterocycles. The summed E-state index contributed by atoms with van der Waals surface area (Å²) < 4.78 is 5.85. The molecule has 0 unspecified atom stereocenters. The molecular formula is C16H18ClNO. The number of rotatable bonds is 3. The van der Waals surface area contributed by atoms with Crippen LogP contribution in [0.1, 0.15) is 24.4 Å². The third-order valence-corrected chi connectivity index (χ3v) is 3.30. The van der Waals surface area contributed by atoms with E-state index >= 15 is 0 Å². The van der Waals surface area contributed by atoms with E-state index in [1.165, 1.54) is 18.4 Å². The highest BCUT2D eigenvalue weighted by atomic mass is 35.5. The largest absolute Gasteiger partial charge is 0.457 e. The molecule has 1 aliphatic heterocycles. The number of para-hydroxylation sites is 1. The Hall–Kier alpha value is -1.51. The first-order chi connectivity index (χ1) is 8.92. The molecule has 1 fully saturated rings.